The second kappa shape index (κ2) is 6.01. The van der Waals surface area contributed by atoms with Gasteiger partial charge in [-0.05, 0) is 12.8 Å². The summed E-state index contributed by atoms with van der Waals surface area (Å²) in [4.78, 5) is 29.4. The molecule has 1 N–H and O–H groups in total. The number of hydrogen-bond acceptors (Lipinski definition) is 3. The minimum Gasteiger partial charge on any atom is -0.480 e. The van der Waals surface area contributed by atoms with Crippen LogP contribution in [-0.2, 0) is 16.1 Å². The van der Waals surface area contributed by atoms with Gasteiger partial charge in [-0.1, -0.05) is 30.3 Å². The predicted molar refractivity (Wildman–Crippen MR) is 80.0 cm³/mol. The van der Waals surface area contributed by atoms with Gasteiger partial charge in [0.25, 0.3) is 0 Å². The number of benzene rings is 1. The lowest BCUT2D eigenvalue weighted by Gasteiger charge is -2.22. The van der Waals surface area contributed by atoms with Crippen LogP contribution in [0.3, 0.4) is 0 Å². The first-order chi connectivity index (χ1) is 10.7. The third-order valence-corrected chi connectivity index (χ3v) is 3.91. The van der Waals surface area contributed by atoms with Crippen molar-refractivity contribution >= 4 is 11.9 Å². The molecule has 1 aromatic carbocycles. The van der Waals surface area contributed by atoms with E-state index in [2.05, 4.69) is 4.98 Å². The Hall–Kier alpha value is -2.63. The van der Waals surface area contributed by atoms with Gasteiger partial charge in [-0.3, -0.25) is 4.79 Å². The number of carbonyl (C=O) groups excluding carboxylic acids is 1. The minimum atomic E-state index is -0.931. The van der Waals surface area contributed by atoms with Gasteiger partial charge in [0, 0.05) is 24.5 Å². The largest absolute Gasteiger partial charge is 0.480 e. The SMILES string of the molecule is O=C(O)C1CCCN1C(=O)Cn1ccnc1-c1ccccc1. The number of nitrogens with zero attached hydrogens (tertiary/aromatic N) is 3. The van der Waals surface area contributed by atoms with Gasteiger partial charge in [0.2, 0.25) is 5.91 Å². The number of amides is 1. The summed E-state index contributed by atoms with van der Waals surface area (Å²) in [5, 5.41) is 9.18. The Balaban J connectivity index is 1.78. The summed E-state index contributed by atoms with van der Waals surface area (Å²) >= 11 is 0. The van der Waals surface area contributed by atoms with Crippen molar-refractivity contribution in [3.05, 3.63) is 42.7 Å². The average Bonchev–Trinajstić information content (AvgIpc) is 3.17. The van der Waals surface area contributed by atoms with Gasteiger partial charge in [-0.15, -0.1) is 0 Å². The second-order valence-corrected chi connectivity index (χ2v) is 5.33. The summed E-state index contributed by atoms with van der Waals surface area (Å²) < 4.78 is 1.76. The average molecular weight is 299 g/mol. The lowest BCUT2D eigenvalue weighted by molar-refractivity contribution is -0.148. The highest BCUT2D eigenvalue weighted by Crippen LogP contribution is 2.20. The lowest BCUT2D eigenvalue weighted by atomic mass is 10.2. The van der Waals surface area contributed by atoms with Crippen molar-refractivity contribution in [2.75, 3.05) is 6.54 Å². The van der Waals surface area contributed by atoms with Crippen LogP contribution < -0.4 is 0 Å². The smallest absolute Gasteiger partial charge is 0.326 e. The maximum absolute atomic E-state index is 12.4. The quantitative estimate of drug-likeness (QED) is 0.931. The lowest BCUT2D eigenvalue weighted by Crippen LogP contribution is -2.42. The van der Waals surface area contributed by atoms with Gasteiger partial charge in [-0.25, -0.2) is 9.78 Å². The molecule has 0 spiro atoms. The Bertz CT molecular complexity index is 681. The van der Waals surface area contributed by atoms with E-state index in [1.54, 1.807) is 17.0 Å². The van der Waals surface area contributed by atoms with Gasteiger partial charge in [0.15, 0.2) is 0 Å². The summed E-state index contributed by atoms with van der Waals surface area (Å²) in [5.41, 5.74) is 0.927. The van der Waals surface area contributed by atoms with Crippen LogP contribution in [-0.4, -0.2) is 44.0 Å². The molecule has 0 bridgehead atoms. The fourth-order valence-corrected chi connectivity index (χ4v) is 2.84. The molecule has 1 unspecified atom stereocenters. The molecule has 1 saturated heterocycles. The molecule has 0 radical (unpaired) electrons. The molecule has 6 nitrogen and oxygen atoms in total. The number of carboxylic acids is 1. The van der Waals surface area contributed by atoms with Gasteiger partial charge < -0.3 is 14.6 Å². The van der Waals surface area contributed by atoms with Gasteiger partial charge in [0.1, 0.15) is 18.4 Å². The zero-order valence-corrected chi connectivity index (χ0v) is 12.1. The molecular weight excluding hydrogens is 282 g/mol. The first-order valence-corrected chi connectivity index (χ1v) is 7.25. The van der Waals surface area contributed by atoms with Crippen molar-refractivity contribution in [1.82, 2.24) is 14.5 Å². The van der Waals surface area contributed by atoms with E-state index in [0.29, 0.717) is 18.8 Å². The molecule has 3 rings (SSSR count). The monoisotopic (exact) mass is 299 g/mol. The number of carboxylic acid groups (broad SMARTS) is 1. The Morgan fingerprint density at radius 3 is 2.77 bits per heavy atom. The van der Waals surface area contributed by atoms with Crippen LogP contribution in [0.1, 0.15) is 12.8 Å². The van der Waals surface area contributed by atoms with Crippen molar-refractivity contribution in [2.45, 2.75) is 25.4 Å². The van der Waals surface area contributed by atoms with Crippen molar-refractivity contribution in [3.63, 3.8) is 0 Å². The number of aromatic nitrogens is 2. The van der Waals surface area contributed by atoms with E-state index >= 15 is 0 Å². The molecular formula is C16H17N3O3. The summed E-state index contributed by atoms with van der Waals surface area (Å²) in [6.07, 6.45) is 4.65. The molecule has 1 aliphatic rings. The Labute approximate surface area is 128 Å². The highest BCUT2D eigenvalue weighted by atomic mass is 16.4. The Morgan fingerprint density at radius 1 is 1.27 bits per heavy atom. The predicted octanol–water partition coefficient (Wildman–Crippen LogP) is 1.63. The molecule has 1 atom stereocenters. The maximum Gasteiger partial charge on any atom is 0.326 e. The van der Waals surface area contributed by atoms with Gasteiger partial charge in [0.05, 0.1) is 0 Å². The number of aliphatic carboxylic acids is 1. The zero-order valence-electron chi connectivity index (χ0n) is 12.1. The number of likely N-dealkylation sites (tertiary alicyclic amines) is 1. The van der Waals surface area contributed by atoms with E-state index in [1.165, 1.54) is 4.90 Å². The molecule has 1 aromatic heterocycles. The Morgan fingerprint density at radius 2 is 2.05 bits per heavy atom. The fourth-order valence-electron chi connectivity index (χ4n) is 2.84. The van der Waals surface area contributed by atoms with Crippen LogP contribution in [0.25, 0.3) is 11.4 Å². The van der Waals surface area contributed by atoms with Crippen LogP contribution in [0, 0.1) is 0 Å². The molecule has 114 valence electrons. The number of carbonyl (C=O) groups is 2. The topological polar surface area (TPSA) is 75.4 Å². The molecule has 2 heterocycles. The third-order valence-electron chi connectivity index (χ3n) is 3.91. The molecule has 0 saturated carbocycles. The number of imidazole rings is 1. The Kier molecular flexibility index (Phi) is 3.91. The summed E-state index contributed by atoms with van der Waals surface area (Å²) in [7, 11) is 0. The standard InChI is InChI=1S/C16H17N3O3/c20-14(19-9-4-7-13(19)16(21)22)11-18-10-8-17-15(18)12-5-2-1-3-6-12/h1-3,5-6,8,10,13H,4,7,9,11H2,(H,21,22). The third kappa shape index (κ3) is 2.72. The van der Waals surface area contributed by atoms with Crippen LogP contribution in [0.15, 0.2) is 42.7 Å². The molecule has 2 aromatic rings. The van der Waals surface area contributed by atoms with Crippen LogP contribution >= 0.6 is 0 Å². The van der Waals surface area contributed by atoms with Gasteiger partial charge >= 0.3 is 5.97 Å². The van der Waals surface area contributed by atoms with Crippen molar-refractivity contribution < 1.29 is 14.7 Å². The molecule has 0 aliphatic carbocycles. The molecule has 1 fully saturated rings. The maximum atomic E-state index is 12.4. The first kappa shape index (κ1) is 14.3. The van der Waals surface area contributed by atoms with E-state index < -0.39 is 12.0 Å². The van der Waals surface area contributed by atoms with E-state index in [0.717, 1.165) is 12.0 Å². The highest BCUT2D eigenvalue weighted by Gasteiger charge is 2.33. The van der Waals surface area contributed by atoms with Crippen molar-refractivity contribution in [1.29, 1.82) is 0 Å². The van der Waals surface area contributed by atoms with E-state index in [-0.39, 0.29) is 12.5 Å². The van der Waals surface area contributed by atoms with Crippen LogP contribution in [0.2, 0.25) is 0 Å². The van der Waals surface area contributed by atoms with Crippen LogP contribution in [0.5, 0.6) is 0 Å². The normalized spacial score (nSPS) is 17.6. The zero-order chi connectivity index (χ0) is 15.5. The van der Waals surface area contributed by atoms with E-state index in [4.69, 9.17) is 0 Å². The summed E-state index contributed by atoms with van der Waals surface area (Å²) in [5.74, 6) is -0.403. The van der Waals surface area contributed by atoms with Gasteiger partial charge in [-0.2, -0.15) is 0 Å². The highest BCUT2D eigenvalue weighted by molar-refractivity contribution is 5.84. The fraction of sp³-hybridized carbons (Fsp3) is 0.312. The molecule has 1 aliphatic heterocycles. The van der Waals surface area contributed by atoms with E-state index in [1.807, 2.05) is 30.3 Å². The first-order valence-electron chi connectivity index (χ1n) is 7.25. The van der Waals surface area contributed by atoms with Crippen LogP contribution in [0.4, 0.5) is 0 Å². The summed E-state index contributed by atoms with van der Waals surface area (Å²) in [6.45, 7) is 0.610. The number of hydrogen-bond donors (Lipinski definition) is 1. The summed E-state index contributed by atoms with van der Waals surface area (Å²) in [6, 6.07) is 8.91. The molecule has 1 amide bonds. The van der Waals surface area contributed by atoms with Crippen molar-refractivity contribution in [2.24, 2.45) is 0 Å². The van der Waals surface area contributed by atoms with E-state index in [9.17, 15) is 14.7 Å². The molecule has 6 heteroatoms. The second-order valence-electron chi connectivity index (χ2n) is 5.33. The minimum absolute atomic E-state index is 0.105. The van der Waals surface area contributed by atoms with Crippen molar-refractivity contribution in [3.8, 4) is 11.4 Å². The molecule has 22 heavy (non-hydrogen) atoms. The number of rotatable bonds is 4.